The Hall–Kier alpha value is -1.34. The molecule has 1 aromatic heterocycles. The molecule has 1 amide bonds. The maximum atomic E-state index is 11.7. The summed E-state index contributed by atoms with van der Waals surface area (Å²) in [5.74, 6) is -0.482. The monoisotopic (exact) mass is 236 g/mol. The van der Waals surface area contributed by atoms with E-state index in [4.69, 9.17) is 5.26 Å². The van der Waals surface area contributed by atoms with Crippen molar-refractivity contribution in [2.45, 2.75) is 26.8 Å². The number of carbonyl (C=O) groups excluding carboxylic acids is 1. The molecule has 16 heavy (non-hydrogen) atoms. The fourth-order valence-electron chi connectivity index (χ4n) is 1.37. The van der Waals surface area contributed by atoms with Crippen LogP contribution < -0.4 is 5.32 Å². The van der Waals surface area contributed by atoms with Crippen LogP contribution in [0.4, 0.5) is 0 Å². The molecule has 0 bridgehead atoms. The Morgan fingerprint density at radius 1 is 1.50 bits per heavy atom. The third kappa shape index (κ3) is 3.07. The van der Waals surface area contributed by atoms with Crippen molar-refractivity contribution in [3.63, 3.8) is 0 Å². The van der Waals surface area contributed by atoms with E-state index in [1.807, 2.05) is 23.6 Å². The Balaban J connectivity index is 2.75. The lowest BCUT2D eigenvalue weighted by atomic mass is 10.0. The van der Waals surface area contributed by atoms with Crippen LogP contribution in [0.2, 0.25) is 0 Å². The molecule has 0 saturated heterocycles. The van der Waals surface area contributed by atoms with Gasteiger partial charge in [-0.3, -0.25) is 4.79 Å². The van der Waals surface area contributed by atoms with Crippen molar-refractivity contribution in [1.82, 2.24) is 5.32 Å². The van der Waals surface area contributed by atoms with Gasteiger partial charge >= 0.3 is 0 Å². The standard InChI is InChI=1S/C12H16N2OS/c1-8(2)11(10-5-4-6-16-10)14-12(15)9(3)7-13/h4-6,8-9,11H,1-3H3,(H,14,15). The van der Waals surface area contributed by atoms with Gasteiger partial charge in [0.05, 0.1) is 12.1 Å². The van der Waals surface area contributed by atoms with Crippen molar-refractivity contribution >= 4 is 17.2 Å². The molecule has 1 aromatic rings. The molecule has 0 aliphatic carbocycles. The zero-order chi connectivity index (χ0) is 12.1. The lowest BCUT2D eigenvalue weighted by Gasteiger charge is -2.21. The molecular weight excluding hydrogens is 220 g/mol. The Labute approximate surface area is 100 Å². The van der Waals surface area contributed by atoms with Crippen molar-refractivity contribution < 1.29 is 4.79 Å². The molecule has 0 aromatic carbocycles. The largest absolute Gasteiger partial charge is 0.347 e. The molecule has 86 valence electrons. The Morgan fingerprint density at radius 3 is 2.62 bits per heavy atom. The van der Waals surface area contributed by atoms with Gasteiger partial charge in [-0.2, -0.15) is 5.26 Å². The van der Waals surface area contributed by atoms with Gasteiger partial charge in [0.1, 0.15) is 5.92 Å². The van der Waals surface area contributed by atoms with Gasteiger partial charge in [-0.15, -0.1) is 11.3 Å². The second kappa shape index (κ2) is 5.66. The highest BCUT2D eigenvalue weighted by Crippen LogP contribution is 2.25. The van der Waals surface area contributed by atoms with Gasteiger partial charge in [-0.25, -0.2) is 0 Å². The first-order valence-corrected chi connectivity index (χ1v) is 6.17. The summed E-state index contributed by atoms with van der Waals surface area (Å²) in [6, 6.07) is 5.92. The summed E-state index contributed by atoms with van der Waals surface area (Å²) in [4.78, 5) is 12.8. The quantitative estimate of drug-likeness (QED) is 0.874. The van der Waals surface area contributed by atoms with Gasteiger partial charge in [0.15, 0.2) is 0 Å². The number of nitriles is 1. The van der Waals surface area contributed by atoms with E-state index in [1.165, 1.54) is 0 Å². The van der Waals surface area contributed by atoms with Gasteiger partial charge in [0, 0.05) is 4.88 Å². The molecule has 4 heteroatoms. The van der Waals surface area contributed by atoms with Crippen LogP contribution in [0.3, 0.4) is 0 Å². The lowest BCUT2D eigenvalue weighted by molar-refractivity contribution is -0.124. The van der Waals surface area contributed by atoms with Crippen LogP contribution in [0.15, 0.2) is 17.5 Å². The zero-order valence-electron chi connectivity index (χ0n) is 9.73. The van der Waals surface area contributed by atoms with Crippen molar-refractivity contribution in [3.8, 4) is 6.07 Å². The first kappa shape index (κ1) is 12.7. The maximum absolute atomic E-state index is 11.7. The molecular formula is C12H16N2OS. The molecule has 0 fully saturated rings. The first-order chi connectivity index (χ1) is 7.56. The molecule has 1 N–H and O–H groups in total. The van der Waals surface area contributed by atoms with E-state index in [0.717, 1.165) is 4.88 Å². The van der Waals surface area contributed by atoms with Crippen molar-refractivity contribution in [2.75, 3.05) is 0 Å². The third-order valence-electron chi connectivity index (χ3n) is 2.40. The molecule has 0 spiro atoms. The van der Waals surface area contributed by atoms with E-state index in [2.05, 4.69) is 19.2 Å². The van der Waals surface area contributed by atoms with Crippen LogP contribution in [0.5, 0.6) is 0 Å². The summed E-state index contributed by atoms with van der Waals surface area (Å²) in [5, 5.41) is 13.6. The number of nitrogens with zero attached hydrogens (tertiary/aromatic N) is 1. The number of rotatable bonds is 4. The zero-order valence-corrected chi connectivity index (χ0v) is 10.5. The number of amides is 1. The van der Waals surface area contributed by atoms with Gasteiger partial charge in [-0.05, 0) is 24.3 Å². The Kier molecular flexibility index (Phi) is 4.51. The van der Waals surface area contributed by atoms with E-state index in [-0.39, 0.29) is 11.9 Å². The topological polar surface area (TPSA) is 52.9 Å². The van der Waals surface area contributed by atoms with Crippen LogP contribution in [0.1, 0.15) is 31.7 Å². The summed E-state index contributed by atoms with van der Waals surface area (Å²) in [6.45, 7) is 5.73. The molecule has 2 atom stereocenters. The first-order valence-electron chi connectivity index (χ1n) is 5.29. The molecule has 1 heterocycles. The molecule has 0 radical (unpaired) electrons. The minimum Gasteiger partial charge on any atom is -0.347 e. The fourth-order valence-corrected chi connectivity index (χ4v) is 2.32. The molecule has 3 nitrogen and oxygen atoms in total. The predicted octanol–water partition coefficient (Wildman–Crippen LogP) is 2.72. The minimum absolute atomic E-state index is 0.00306. The van der Waals surface area contributed by atoms with E-state index in [1.54, 1.807) is 18.3 Å². The van der Waals surface area contributed by atoms with Crippen molar-refractivity contribution in [3.05, 3.63) is 22.4 Å². The predicted molar refractivity (Wildman–Crippen MR) is 64.8 cm³/mol. The molecule has 2 unspecified atom stereocenters. The number of thiophene rings is 1. The van der Waals surface area contributed by atoms with E-state index < -0.39 is 5.92 Å². The highest BCUT2D eigenvalue weighted by Gasteiger charge is 2.21. The summed E-state index contributed by atoms with van der Waals surface area (Å²) in [5.41, 5.74) is 0. The second-order valence-electron chi connectivity index (χ2n) is 4.10. The van der Waals surface area contributed by atoms with Crippen LogP contribution in [-0.4, -0.2) is 5.91 Å². The number of carbonyl (C=O) groups is 1. The normalized spacial score (nSPS) is 14.2. The van der Waals surface area contributed by atoms with Gasteiger partial charge in [0.2, 0.25) is 5.91 Å². The summed E-state index contributed by atoms with van der Waals surface area (Å²) in [6.07, 6.45) is 0. The van der Waals surface area contributed by atoms with E-state index >= 15 is 0 Å². The number of nitrogens with one attached hydrogen (secondary N) is 1. The van der Waals surface area contributed by atoms with Crippen LogP contribution in [0.25, 0.3) is 0 Å². The molecule has 0 saturated carbocycles. The Bertz CT molecular complexity index is 378. The Morgan fingerprint density at radius 2 is 2.19 bits per heavy atom. The highest BCUT2D eigenvalue weighted by atomic mass is 32.1. The van der Waals surface area contributed by atoms with Gasteiger partial charge < -0.3 is 5.32 Å². The van der Waals surface area contributed by atoms with Crippen molar-refractivity contribution in [1.29, 1.82) is 5.26 Å². The van der Waals surface area contributed by atoms with Gasteiger partial charge in [-0.1, -0.05) is 19.9 Å². The summed E-state index contributed by atoms with van der Waals surface area (Å²) >= 11 is 1.62. The van der Waals surface area contributed by atoms with Crippen LogP contribution >= 0.6 is 11.3 Å². The van der Waals surface area contributed by atoms with Crippen LogP contribution in [0, 0.1) is 23.2 Å². The molecule has 0 aliphatic rings. The number of hydrogen-bond donors (Lipinski definition) is 1. The minimum atomic E-state index is -0.596. The van der Waals surface area contributed by atoms with E-state index in [9.17, 15) is 4.79 Å². The molecule has 1 rings (SSSR count). The lowest BCUT2D eigenvalue weighted by Crippen LogP contribution is -2.34. The highest BCUT2D eigenvalue weighted by molar-refractivity contribution is 7.10. The summed E-state index contributed by atoms with van der Waals surface area (Å²) < 4.78 is 0. The average Bonchev–Trinajstić information content (AvgIpc) is 2.76. The maximum Gasteiger partial charge on any atom is 0.237 e. The van der Waals surface area contributed by atoms with E-state index in [0.29, 0.717) is 5.92 Å². The SMILES string of the molecule is CC(C#N)C(=O)NC(c1cccs1)C(C)C. The summed E-state index contributed by atoms with van der Waals surface area (Å²) in [7, 11) is 0. The van der Waals surface area contributed by atoms with Gasteiger partial charge in [0.25, 0.3) is 0 Å². The fraction of sp³-hybridized carbons (Fsp3) is 0.500. The third-order valence-corrected chi connectivity index (χ3v) is 3.36. The molecule has 0 aliphatic heterocycles. The smallest absolute Gasteiger partial charge is 0.237 e. The van der Waals surface area contributed by atoms with Crippen LogP contribution in [-0.2, 0) is 4.79 Å². The average molecular weight is 236 g/mol. The number of hydrogen-bond acceptors (Lipinski definition) is 3. The second-order valence-corrected chi connectivity index (χ2v) is 5.08. The van der Waals surface area contributed by atoms with Crippen molar-refractivity contribution in [2.24, 2.45) is 11.8 Å².